The van der Waals surface area contributed by atoms with Crippen molar-refractivity contribution in [1.82, 2.24) is 0 Å². The molecule has 0 spiro atoms. The SMILES string of the molecule is CCc1c(O)cc(S(=O)(=O)O)c(O)c1C. The second kappa shape index (κ2) is 3.71. The lowest BCUT2D eigenvalue weighted by molar-refractivity contribution is 0.426. The van der Waals surface area contributed by atoms with Crippen molar-refractivity contribution >= 4 is 10.1 Å². The maximum absolute atomic E-state index is 10.8. The van der Waals surface area contributed by atoms with E-state index in [1.165, 1.54) is 6.92 Å². The Hall–Kier alpha value is -1.27. The zero-order valence-corrected chi connectivity index (χ0v) is 9.17. The van der Waals surface area contributed by atoms with Gasteiger partial charge in [0.15, 0.2) is 0 Å². The van der Waals surface area contributed by atoms with E-state index in [4.69, 9.17) is 4.55 Å². The van der Waals surface area contributed by atoms with Gasteiger partial charge in [-0.2, -0.15) is 8.42 Å². The lowest BCUT2D eigenvalue weighted by Gasteiger charge is -2.11. The van der Waals surface area contributed by atoms with Gasteiger partial charge in [-0.05, 0) is 18.9 Å². The molecule has 15 heavy (non-hydrogen) atoms. The highest BCUT2D eigenvalue weighted by molar-refractivity contribution is 7.86. The van der Waals surface area contributed by atoms with Crippen molar-refractivity contribution in [3.8, 4) is 11.5 Å². The number of phenolic OH excluding ortho intramolecular Hbond substituents is 2. The third-order valence-corrected chi connectivity index (χ3v) is 3.12. The number of benzene rings is 1. The number of aromatic hydroxyl groups is 2. The zero-order valence-electron chi connectivity index (χ0n) is 8.35. The molecule has 0 unspecified atom stereocenters. The molecule has 1 aromatic rings. The van der Waals surface area contributed by atoms with Crippen molar-refractivity contribution in [2.45, 2.75) is 25.2 Å². The Balaban J connectivity index is 3.62. The van der Waals surface area contributed by atoms with Gasteiger partial charge in [0.25, 0.3) is 10.1 Å². The van der Waals surface area contributed by atoms with Gasteiger partial charge in [0.2, 0.25) is 0 Å². The average Bonchev–Trinajstić information content (AvgIpc) is 2.10. The summed E-state index contributed by atoms with van der Waals surface area (Å²) in [5.41, 5.74) is 0.713. The van der Waals surface area contributed by atoms with Crippen molar-refractivity contribution in [3.05, 3.63) is 17.2 Å². The standard InChI is InChI=1S/C9H12O5S/c1-3-6-5(2)9(11)8(4-7(6)10)15(12,13)14/h4,10-11H,3H2,1-2H3,(H,12,13,14). The van der Waals surface area contributed by atoms with E-state index in [-0.39, 0.29) is 11.3 Å². The highest BCUT2D eigenvalue weighted by atomic mass is 32.2. The number of rotatable bonds is 2. The molecule has 0 fully saturated rings. The van der Waals surface area contributed by atoms with E-state index in [9.17, 15) is 18.6 Å². The van der Waals surface area contributed by atoms with Gasteiger partial charge in [-0.25, -0.2) is 0 Å². The van der Waals surface area contributed by atoms with E-state index in [0.717, 1.165) is 6.07 Å². The first-order chi connectivity index (χ1) is 6.79. The molecule has 0 saturated heterocycles. The predicted octanol–water partition coefficient (Wildman–Crippen LogP) is 1.22. The minimum atomic E-state index is -4.51. The largest absolute Gasteiger partial charge is 0.508 e. The lowest BCUT2D eigenvalue weighted by Crippen LogP contribution is -2.01. The number of hydrogen-bond acceptors (Lipinski definition) is 4. The maximum Gasteiger partial charge on any atom is 0.298 e. The minimum absolute atomic E-state index is 0.250. The van der Waals surface area contributed by atoms with Crippen molar-refractivity contribution in [2.75, 3.05) is 0 Å². The molecule has 84 valence electrons. The van der Waals surface area contributed by atoms with Crippen LogP contribution in [0.4, 0.5) is 0 Å². The molecule has 0 radical (unpaired) electrons. The quantitative estimate of drug-likeness (QED) is 0.526. The minimum Gasteiger partial charge on any atom is -0.508 e. The predicted molar refractivity (Wildman–Crippen MR) is 53.7 cm³/mol. The van der Waals surface area contributed by atoms with E-state index in [1.54, 1.807) is 6.92 Å². The summed E-state index contributed by atoms with van der Waals surface area (Å²) in [6, 6.07) is 0.844. The van der Waals surface area contributed by atoms with Crippen LogP contribution in [0.5, 0.6) is 11.5 Å². The van der Waals surface area contributed by atoms with Crippen molar-refractivity contribution in [1.29, 1.82) is 0 Å². The normalized spacial score (nSPS) is 11.7. The summed E-state index contributed by atoms with van der Waals surface area (Å²) in [6.07, 6.45) is 0.455. The molecule has 0 saturated carbocycles. The van der Waals surface area contributed by atoms with Crippen LogP contribution in [0.15, 0.2) is 11.0 Å². The summed E-state index contributed by atoms with van der Waals surface area (Å²) in [4.78, 5) is -0.672. The first-order valence-corrected chi connectivity index (χ1v) is 5.75. The van der Waals surface area contributed by atoms with E-state index in [0.29, 0.717) is 12.0 Å². The van der Waals surface area contributed by atoms with Gasteiger partial charge < -0.3 is 10.2 Å². The Labute approximate surface area is 87.7 Å². The highest BCUT2D eigenvalue weighted by Gasteiger charge is 2.21. The average molecular weight is 232 g/mol. The third kappa shape index (κ3) is 2.05. The van der Waals surface area contributed by atoms with E-state index < -0.39 is 20.8 Å². The molecule has 0 aliphatic rings. The molecule has 3 N–H and O–H groups in total. The monoisotopic (exact) mass is 232 g/mol. The summed E-state index contributed by atoms with van der Waals surface area (Å²) in [6.45, 7) is 3.23. The lowest BCUT2D eigenvalue weighted by atomic mass is 10.0. The van der Waals surface area contributed by atoms with Crippen LogP contribution >= 0.6 is 0 Å². The molecular formula is C9H12O5S. The number of hydrogen-bond donors (Lipinski definition) is 3. The molecule has 0 aromatic heterocycles. The van der Waals surface area contributed by atoms with E-state index in [2.05, 4.69) is 0 Å². The molecule has 0 amide bonds. The summed E-state index contributed by atoms with van der Waals surface area (Å²) in [5, 5.41) is 19.0. The second-order valence-corrected chi connectivity index (χ2v) is 4.56. The third-order valence-electron chi connectivity index (χ3n) is 2.25. The smallest absolute Gasteiger partial charge is 0.298 e. The molecule has 0 atom stereocenters. The van der Waals surface area contributed by atoms with Crippen LogP contribution in [0, 0.1) is 6.92 Å². The van der Waals surface area contributed by atoms with Gasteiger partial charge in [-0.1, -0.05) is 6.92 Å². The van der Waals surface area contributed by atoms with Crippen LogP contribution in [0.25, 0.3) is 0 Å². The van der Waals surface area contributed by atoms with Gasteiger partial charge in [0, 0.05) is 11.6 Å². The van der Waals surface area contributed by atoms with Crippen LogP contribution in [0.1, 0.15) is 18.1 Å². The van der Waals surface area contributed by atoms with Gasteiger partial charge in [0.1, 0.15) is 16.4 Å². The molecule has 1 aromatic carbocycles. The van der Waals surface area contributed by atoms with Crippen LogP contribution in [-0.4, -0.2) is 23.2 Å². The fraction of sp³-hybridized carbons (Fsp3) is 0.333. The van der Waals surface area contributed by atoms with Crippen molar-refractivity contribution < 1.29 is 23.2 Å². The van der Waals surface area contributed by atoms with E-state index >= 15 is 0 Å². The zero-order chi connectivity index (χ0) is 11.8. The first kappa shape index (κ1) is 11.8. The molecule has 1 rings (SSSR count). The second-order valence-electron chi connectivity index (χ2n) is 3.17. The summed E-state index contributed by atoms with van der Waals surface area (Å²) < 4.78 is 30.5. The van der Waals surface area contributed by atoms with E-state index in [1.807, 2.05) is 0 Å². The Morgan fingerprint density at radius 3 is 2.27 bits per heavy atom. The number of phenols is 2. The van der Waals surface area contributed by atoms with Gasteiger partial charge in [-0.15, -0.1) is 0 Å². The topological polar surface area (TPSA) is 94.8 Å². The fourth-order valence-electron chi connectivity index (χ4n) is 1.44. The summed E-state index contributed by atoms with van der Waals surface area (Å²) >= 11 is 0. The van der Waals surface area contributed by atoms with Crippen molar-refractivity contribution in [2.24, 2.45) is 0 Å². The molecule has 0 bridgehead atoms. The molecule has 5 nitrogen and oxygen atoms in total. The molecule has 6 heteroatoms. The maximum atomic E-state index is 10.8. The first-order valence-electron chi connectivity index (χ1n) is 4.31. The van der Waals surface area contributed by atoms with Crippen molar-refractivity contribution in [3.63, 3.8) is 0 Å². The summed E-state index contributed by atoms with van der Waals surface area (Å²) in [5.74, 6) is -0.771. The highest BCUT2D eigenvalue weighted by Crippen LogP contribution is 2.35. The molecule has 0 aliphatic carbocycles. The molecular weight excluding hydrogens is 220 g/mol. The Kier molecular flexibility index (Phi) is 2.92. The Morgan fingerprint density at radius 2 is 1.87 bits per heavy atom. The Morgan fingerprint density at radius 1 is 1.33 bits per heavy atom. The van der Waals surface area contributed by atoms with Crippen LogP contribution in [-0.2, 0) is 16.5 Å². The molecule has 0 heterocycles. The molecule has 0 aliphatic heterocycles. The fourth-order valence-corrected chi connectivity index (χ4v) is 2.10. The Bertz CT molecular complexity index is 490. The van der Waals surface area contributed by atoms with Crippen LogP contribution in [0.3, 0.4) is 0 Å². The van der Waals surface area contributed by atoms with Gasteiger partial charge in [-0.3, -0.25) is 4.55 Å². The van der Waals surface area contributed by atoms with Gasteiger partial charge >= 0.3 is 0 Å². The summed E-state index contributed by atoms with van der Waals surface area (Å²) in [7, 11) is -4.51. The van der Waals surface area contributed by atoms with Crippen LogP contribution < -0.4 is 0 Å². The van der Waals surface area contributed by atoms with Gasteiger partial charge in [0.05, 0.1) is 0 Å². The van der Waals surface area contributed by atoms with Crippen LogP contribution in [0.2, 0.25) is 0 Å².